The van der Waals surface area contributed by atoms with Crippen molar-refractivity contribution in [3.8, 4) is 0 Å². The van der Waals surface area contributed by atoms with Crippen molar-refractivity contribution < 1.29 is 19.1 Å². The third-order valence-electron chi connectivity index (χ3n) is 2.70. The third-order valence-corrected chi connectivity index (χ3v) is 2.70. The van der Waals surface area contributed by atoms with E-state index in [0.29, 0.717) is 0 Å². The number of hydrogen-bond donors (Lipinski definition) is 0. The highest BCUT2D eigenvalue weighted by Crippen LogP contribution is 2.27. The minimum absolute atomic E-state index is 0.0603. The summed E-state index contributed by atoms with van der Waals surface area (Å²) >= 11 is 0. The number of ether oxygens (including phenoxy) is 2. The van der Waals surface area contributed by atoms with Crippen LogP contribution in [0.1, 0.15) is 27.7 Å². The van der Waals surface area contributed by atoms with E-state index in [4.69, 9.17) is 4.74 Å². The van der Waals surface area contributed by atoms with Crippen LogP contribution in [-0.2, 0) is 19.1 Å². The summed E-state index contributed by atoms with van der Waals surface area (Å²) in [5.74, 6) is -0.605. The first-order valence-corrected chi connectivity index (χ1v) is 5.28. The van der Waals surface area contributed by atoms with Crippen LogP contribution in [0.5, 0.6) is 0 Å². The lowest BCUT2D eigenvalue weighted by atomic mass is 9.81. The van der Waals surface area contributed by atoms with Crippen molar-refractivity contribution in [3.05, 3.63) is 12.7 Å². The molecule has 0 aromatic rings. The summed E-state index contributed by atoms with van der Waals surface area (Å²) in [5.41, 5.74) is -0.525. The Labute approximate surface area is 96.6 Å². The van der Waals surface area contributed by atoms with Crippen LogP contribution >= 0.6 is 0 Å². The number of rotatable bonds is 6. The SMILES string of the molecule is C=CC(=O)OCCOC(=O)C(C)(C)C(C)C. The molecule has 0 amide bonds. The highest BCUT2D eigenvalue weighted by Gasteiger charge is 2.32. The molecule has 0 aliphatic heterocycles. The number of esters is 2. The molecule has 4 nitrogen and oxygen atoms in total. The van der Waals surface area contributed by atoms with Crippen molar-refractivity contribution in [3.63, 3.8) is 0 Å². The van der Waals surface area contributed by atoms with Gasteiger partial charge in [0.1, 0.15) is 13.2 Å². The fourth-order valence-electron chi connectivity index (χ4n) is 0.757. The van der Waals surface area contributed by atoms with Crippen LogP contribution in [0.3, 0.4) is 0 Å². The molecule has 0 rings (SSSR count). The van der Waals surface area contributed by atoms with E-state index >= 15 is 0 Å². The van der Waals surface area contributed by atoms with Crippen LogP contribution in [0, 0.1) is 11.3 Å². The van der Waals surface area contributed by atoms with Gasteiger partial charge in [-0.3, -0.25) is 4.79 Å². The molecule has 0 unspecified atom stereocenters. The van der Waals surface area contributed by atoms with Gasteiger partial charge in [0.05, 0.1) is 5.41 Å². The van der Waals surface area contributed by atoms with Crippen molar-refractivity contribution in [2.24, 2.45) is 11.3 Å². The summed E-state index contributed by atoms with van der Waals surface area (Å²) in [6, 6.07) is 0. The Kier molecular flexibility index (Phi) is 5.78. The molecule has 0 bridgehead atoms. The van der Waals surface area contributed by atoms with Crippen molar-refractivity contribution in [2.45, 2.75) is 27.7 Å². The van der Waals surface area contributed by atoms with Gasteiger partial charge in [0.15, 0.2) is 0 Å². The van der Waals surface area contributed by atoms with E-state index in [1.54, 1.807) is 0 Å². The summed E-state index contributed by atoms with van der Waals surface area (Å²) < 4.78 is 9.69. The molecular weight excluding hydrogens is 208 g/mol. The van der Waals surface area contributed by atoms with Crippen molar-refractivity contribution in [2.75, 3.05) is 13.2 Å². The molecule has 0 aromatic heterocycles. The van der Waals surface area contributed by atoms with Crippen molar-refractivity contribution in [1.29, 1.82) is 0 Å². The standard InChI is InChI=1S/C12H20O4/c1-6-10(13)15-7-8-16-11(14)12(4,5)9(2)3/h6,9H,1,7-8H2,2-5H3. The van der Waals surface area contributed by atoms with Gasteiger partial charge in [0.2, 0.25) is 0 Å². The fourth-order valence-corrected chi connectivity index (χ4v) is 0.757. The monoisotopic (exact) mass is 228 g/mol. The molecule has 4 heteroatoms. The Bertz CT molecular complexity index is 266. The molecule has 0 fully saturated rings. The molecule has 0 heterocycles. The van der Waals surface area contributed by atoms with E-state index in [2.05, 4.69) is 11.3 Å². The Morgan fingerprint density at radius 2 is 1.75 bits per heavy atom. The Balaban J connectivity index is 3.91. The average molecular weight is 228 g/mol. The predicted molar refractivity (Wildman–Crippen MR) is 60.7 cm³/mol. The Hall–Kier alpha value is -1.32. The maximum Gasteiger partial charge on any atom is 0.330 e. The highest BCUT2D eigenvalue weighted by molar-refractivity contribution is 5.81. The van der Waals surface area contributed by atoms with E-state index in [9.17, 15) is 9.59 Å². The summed E-state index contributed by atoms with van der Waals surface area (Å²) in [6.07, 6.45) is 1.07. The van der Waals surface area contributed by atoms with Crippen LogP contribution in [0.15, 0.2) is 12.7 Å². The van der Waals surface area contributed by atoms with Gasteiger partial charge >= 0.3 is 11.9 Å². The number of carbonyl (C=O) groups excluding carboxylic acids is 2. The van der Waals surface area contributed by atoms with E-state index in [1.807, 2.05) is 27.7 Å². The van der Waals surface area contributed by atoms with Crippen molar-refractivity contribution in [1.82, 2.24) is 0 Å². The predicted octanol–water partition coefficient (Wildman–Crippen LogP) is 1.94. The zero-order valence-electron chi connectivity index (χ0n) is 10.4. The number of hydrogen-bond acceptors (Lipinski definition) is 4. The zero-order valence-corrected chi connectivity index (χ0v) is 10.4. The van der Waals surface area contributed by atoms with Gasteiger partial charge in [-0.1, -0.05) is 20.4 Å². The van der Waals surface area contributed by atoms with E-state index in [0.717, 1.165) is 6.08 Å². The maximum atomic E-state index is 11.6. The van der Waals surface area contributed by atoms with Crippen LogP contribution in [0.25, 0.3) is 0 Å². The molecule has 0 aromatic carbocycles. The lowest BCUT2D eigenvalue weighted by Gasteiger charge is -2.26. The van der Waals surface area contributed by atoms with Gasteiger partial charge in [-0.05, 0) is 19.8 Å². The zero-order chi connectivity index (χ0) is 12.8. The van der Waals surface area contributed by atoms with Gasteiger partial charge in [0, 0.05) is 6.08 Å². The molecule has 0 saturated heterocycles. The second-order valence-electron chi connectivity index (χ2n) is 4.38. The van der Waals surface area contributed by atoms with E-state index in [-0.39, 0.29) is 25.1 Å². The molecule has 0 aliphatic rings. The van der Waals surface area contributed by atoms with Crippen LogP contribution in [-0.4, -0.2) is 25.2 Å². The van der Waals surface area contributed by atoms with Gasteiger partial charge in [-0.15, -0.1) is 0 Å². The molecule has 0 spiro atoms. The summed E-state index contributed by atoms with van der Waals surface area (Å²) in [5, 5.41) is 0. The molecular formula is C12H20O4. The van der Waals surface area contributed by atoms with E-state index in [1.165, 1.54) is 0 Å². The first-order chi connectivity index (χ1) is 7.32. The van der Waals surface area contributed by atoms with Gasteiger partial charge in [-0.25, -0.2) is 4.79 Å². The highest BCUT2D eigenvalue weighted by atomic mass is 16.6. The largest absolute Gasteiger partial charge is 0.462 e. The van der Waals surface area contributed by atoms with E-state index < -0.39 is 11.4 Å². The summed E-state index contributed by atoms with van der Waals surface area (Å²) in [4.78, 5) is 22.3. The summed E-state index contributed by atoms with van der Waals surface area (Å²) in [6.45, 7) is 11.0. The topological polar surface area (TPSA) is 52.6 Å². The Morgan fingerprint density at radius 1 is 1.25 bits per heavy atom. The molecule has 0 aliphatic carbocycles. The molecule has 0 saturated carbocycles. The lowest BCUT2D eigenvalue weighted by Crippen LogP contribution is -2.32. The third kappa shape index (κ3) is 4.47. The molecule has 0 N–H and O–H groups in total. The summed E-state index contributed by atoms with van der Waals surface area (Å²) in [7, 11) is 0. The quantitative estimate of drug-likeness (QED) is 0.396. The molecule has 16 heavy (non-hydrogen) atoms. The smallest absolute Gasteiger partial charge is 0.330 e. The first kappa shape index (κ1) is 14.7. The first-order valence-electron chi connectivity index (χ1n) is 5.28. The van der Waals surface area contributed by atoms with Gasteiger partial charge < -0.3 is 9.47 Å². The van der Waals surface area contributed by atoms with Gasteiger partial charge in [0.25, 0.3) is 0 Å². The average Bonchev–Trinajstić information content (AvgIpc) is 2.23. The minimum Gasteiger partial charge on any atom is -0.462 e. The second kappa shape index (κ2) is 6.30. The lowest BCUT2D eigenvalue weighted by molar-refractivity contribution is -0.160. The fraction of sp³-hybridized carbons (Fsp3) is 0.667. The van der Waals surface area contributed by atoms with Gasteiger partial charge in [-0.2, -0.15) is 0 Å². The maximum absolute atomic E-state index is 11.6. The van der Waals surface area contributed by atoms with Crippen molar-refractivity contribution >= 4 is 11.9 Å². The molecule has 92 valence electrons. The van der Waals surface area contributed by atoms with Crippen LogP contribution < -0.4 is 0 Å². The normalized spacial score (nSPS) is 11.1. The second-order valence-corrected chi connectivity index (χ2v) is 4.38. The molecule has 0 radical (unpaired) electrons. The molecule has 0 atom stereocenters. The minimum atomic E-state index is -0.525. The van der Waals surface area contributed by atoms with Crippen LogP contribution in [0.4, 0.5) is 0 Å². The number of carbonyl (C=O) groups is 2. The van der Waals surface area contributed by atoms with Crippen LogP contribution in [0.2, 0.25) is 0 Å². The Morgan fingerprint density at radius 3 is 2.19 bits per heavy atom.